The number of nitrogens with zero attached hydrogens (tertiary/aromatic N) is 2. The summed E-state index contributed by atoms with van der Waals surface area (Å²) < 4.78 is 5.13. The van der Waals surface area contributed by atoms with E-state index in [-0.39, 0.29) is 0 Å². The van der Waals surface area contributed by atoms with Crippen molar-refractivity contribution in [2.75, 3.05) is 51.3 Å². The molecule has 3 rings (SSSR count). The number of hydrogen-bond acceptors (Lipinski definition) is 3. The van der Waals surface area contributed by atoms with Gasteiger partial charge >= 0.3 is 0 Å². The Kier molecular flexibility index (Phi) is 7.53. The van der Waals surface area contributed by atoms with Crippen molar-refractivity contribution >= 4 is 5.69 Å². The van der Waals surface area contributed by atoms with Crippen LogP contribution in [0.2, 0.25) is 0 Å². The van der Waals surface area contributed by atoms with Gasteiger partial charge in [0.15, 0.2) is 0 Å². The van der Waals surface area contributed by atoms with Gasteiger partial charge in [0.2, 0.25) is 0 Å². The monoisotopic (exact) mass is 410 g/mol. The predicted molar refractivity (Wildman–Crippen MR) is 128 cm³/mol. The van der Waals surface area contributed by atoms with Crippen LogP contribution in [0.4, 0.5) is 5.69 Å². The molecule has 1 aliphatic heterocycles. The zero-order valence-corrected chi connectivity index (χ0v) is 20.2. The Morgan fingerprint density at radius 1 is 1.03 bits per heavy atom. The van der Waals surface area contributed by atoms with Gasteiger partial charge in [-0.2, -0.15) is 0 Å². The lowest BCUT2D eigenvalue weighted by Crippen LogP contribution is -2.47. The molecule has 1 saturated heterocycles. The molecule has 0 spiro atoms. The largest absolute Gasteiger partial charge is 0.372 e. The van der Waals surface area contributed by atoms with Gasteiger partial charge in [0.05, 0.1) is 0 Å². The Hall–Kier alpha value is -1.50. The van der Waals surface area contributed by atoms with E-state index in [9.17, 15) is 0 Å². The van der Waals surface area contributed by atoms with E-state index in [0.29, 0.717) is 23.4 Å². The minimum absolute atomic E-state index is 0.376. The number of piperazine rings is 1. The summed E-state index contributed by atoms with van der Waals surface area (Å²) in [6.07, 6.45) is 5.06. The van der Waals surface area contributed by atoms with Crippen LogP contribution in [0.15, 0.2) is 18.2 Å². The summed E-state index contributed by atoms with van der Waals surface area (Å²) in [5.74, 6) is 7.05. The summed E-state index contributed by atoms with van der Waals surface area (Å²) >= 11 is 0. The fourth-order valence-corrected chi connectivity index (χ4v) is 6.05. The molecule has 3 nitrogen and oxygen atoms in total. The van der Waals surface area contributed by atoms with Gasteiger partial charge in [-0.15, -0.1) is 0 Å². The summed E-state index contributed by atoms with van der Waals surface area (Å²) in [6.45, 7) is 18.4. The molecule has 2 fully saturated rings. The Morgan fingerprint density at radius 3 is 2.30 bits per heavy atom. The SMILES string of the molecule is CCCN1CCN(c2ccc(C#CCOC)cc2C2CC(C)(C)CC(C)(C)C2)CC1. The van der Waals surface area contributed by atoms with E-state index in [1.807, 2.05) is 0 Å². The zero-order valence-electron chi connectivity index (χ0n) is 20.2. The number of methoxy groups -OCH3 is 1. The Balaban J connectivity index is 1.92. The molecule has 1 aromatic rings. The normalized spacial score (nSPS) is 21.9. The Labute approximate surface area is 185 Å². The summed E-state index contributed by atoms with van der Waals surface area (Å²) in [5.41, 5.74) is 4.84. The molecule has 166 valence electrons. The van der Waals surface area contributed by atoms with Crippen LogP contribution >= 0.6 is 0 Å². The van der Waals surface area contributed by atoms with Gasteiger partial charge in [-0.1, -0.05) is 46.5 Å². The number of anilines is 1. The Bertz CT molecular complexity index is 747. The average Bonchev–Trinajstić information content (AvgIpc) is 2.67. The summed E-state index contributed by atoms with van der Waals surface area (Å²) in [7, 11) is 1.70. The third-order valence-corrected chi connectivity index (χ3v) is 6.72. The summed E-state index contributed by atoms with van der Waals surface area (Å²) in [5, 5.41) is 0. The van der Waals surface area contributed by atoms with E-state index in [2.05, 4.69) is 74.5 Å². The van der Waals surface area contributed by atoms with E-state index < -0.39 is 0 Å². The van der Waals surface area contributed by atoms with Crippen molar-refractivity contribution in [3.8, 4) is 11.8 Å². The molecule has 1 aromatic carbocycles. The fraction of sp³-hybridized carbons (Fsp3) is 0.704. The van der Waals surface area contributed by atoms with Crippen LogP contribution in [-0.2, 0) is 4.74 Å². The zero-order chi connectivity index (χ0) is 21.8. The lowest BCUT2D eigenvalue weighted by molar-refractivity contribution is 0.0970. The van der Waals surface area contributed by atoms with E-state index in [1.54, 1.807) is 7.11 Å². The first-order valence-electron chi connectivity index (χ1n) is 11.8. The molecule has 0 bridgehead atoms. The van der Waals surface area contributed by atoms with Crippen LogP contribution in [0.3, 0.4) is 0 Å². The van der Waals surface area contributed by atoms with Gasteiger partial charge in [-0.3, -0.25) is 4.90 Å². The van der Waals surface area contributed by atoms with Crippen LogP contribution in [0.1, 0.15) is 77.3 Å². The van der Waals surface area contributed by atoms with Gasteiger partial charge in [0.25, 0.3) is 0 Å². The summed E-state index contributed by atoms with van der Waals surface area (Å²) in [4.78, 5) is 5.23. The van der Waals surface area contributed by atoms with Crippen LogP contribution in [0, 0.1) is 22.7 Å². The highest BCUT2D eigenvalue weighted by molar-refractivity contribution is 5.59. The smallest absolute Gasteiger partial charge is 0.107 e. The van der Waals surface area contributed by atoms with Crippen LogP contribution in [0.5, 0.6) is 0 Å². The first-order valence-corrected chi connectivity index (χ1v) is 11.8. The molecule has 0 N–H and O–H groups in total. The maximum absolute atomic E-state index is 5.13. The first kappa shape index (κ1) is 23.2. The highest BCUT2D eigenvalue weighted by Crippen LogP contribution is 2.53. The number of rotatable bonds is 5. The van der Waals surface area contributed by atoms with Crippen LogP contribution in [0.25, 0.3) is 0 Å². The van der Waals surface area contributed by atoms with Crippen molar-refractivity contribution < 1.29 is 4.74 Å². The molecular weight excluding hydrogens is 368 g/mol. The molecule has 0 unspecified atom stereocenters. The molecule has 30 heavy (non-hydrogen) atoms. The first-order chi connectivity index (χ1) is 14.2. The molecule has 2 aliphatic rings. The molecule has 0 radical (unpaired) electrons. The standard InChI is InChI=1S/C27H42N2O/c1-7-12-28-13-15-29(16-14-28)25-11-10-22(9-8-17-30-6)18-24(25)23-19-26(2,3)21-27(4,5)20-23/h10-11,18,23H,7,12-17,19-21H2,1-6H3. The lowest BCUT2D eigenvalue weighted by Gasteiger charge is -2.46. The van der Waals surface area contributed by atoms with Crippen molar-refractivity contribution in [2.24, 2.45) is 10.8 Å². The summed E-state index contributed by atoms with van der Waals surface area (Å²) in [6, 6.07) is 6.94. The molecule has 0 aromatic heterocycles. The van der Waals surface area contributed by atoms with Crippen molar-refractivity contribution in [3.05, 3.63) is 29.3 Å². The minimum Gasteiger partial charge on any atom is -0.372 e. The fourth-order valence-electron chi connectivity index (χ4n) is 6.05. The van der Waals surface area contributed by atoms with E-state index >= 15 is 0 Å². The van der Waals surface area contributed by atoms with Gasteiger partial charge < -0.3 is 9.64 Å². The van der Waals surface area contributed by atoms with Gasteiger partial charge in [-0.05, 0) is 72.7 Å². The van der Waals surface area contributed by atoms with Crippen LogP contribution < -0.4 is 4.90 Å². The van der Waals surface area contributed by atoms with Gasteiger partial charge in [-0.25, -0.2) is 0 Å². The lowest BCUT2D eigenvalue weighted by atomic mass is 9.60. The quantitative estimate of drug-likeness (QED) is 0.593. The maximum Gasteiger partial charge on any atom is 0.107 e. The number of benzene rings is 1. The molecule has 0 atom stereocenters. The topological polar surface area (TPSA) is 15.7 Å². The maximum atomic E-state index is 5.13. The molecule has 1 aliphatic carbocycles. The number of ether oxygens (including phenoxy) is 1. The molecular formula is C27H42N2O. The van der Waals surface area contributed by atoms with E-state index in [1.165, 1.54) is 56.6 Å². The average molecular weight is 411 g/mol. The van der Waals surface area contributed by atoms with Crippen molar-refractivity contribution in [1.29, 1.82) is 0 Å². The highest BCUT2D eigenvalue weighted by Gasteiger charge is 2.40. The van der Waals surface area contributed by atoms with Crippen molar-refractivity contribution in [3.63, 3.8) is 0 Å². The van der Waals surface area contributed by atoms with Gasteiger partial charge in [0, 0.05) is 44.5 Å². The number of hydrogen-bond donors (Lipinski definition) is 0. The third-order valence-electron chi connectivity index (χ3n) is 6.72. The Morgan fingerprint density at radius 2 is 1.70 bits per heavy atom. The minimum atomic E-state index is 0.376. The second kappa shape index (κ2) is 9.75. The third kappa shape index (κ3) is 6.02. The second-order valence-electron chi connectivity index (χ2n) is 10.9. The second-order valence-corrected chi connectivity index (χ2v) is 10.9. The van der Waals surface area contributed by atoms with E-state index in [0.717, 1.165) is 18.7 Å². The van der Waals surface area contributed by atoms with Crippen molar-refractivity contribution in [1.82, 2.24) is 4.90 Å². The predicted octanol–water partition coefficient (Wildman–Crippen LogP) is 5.54. The van der Waals surface area contributed by atoms with Crippen molar-refractivity contribution in [2.45, 2.75) is 66.2 Å². The molecule has 3 heteroatoms. The van der Waals surface area contributed by atoms with Crippen LogP contribution in [-0.4, -0.2) is 51.3 Å². The molecule has 0 amide bonds. The molecule has 1 saturated carbocycles. The molecule has 1 heterocycles. The van der Waals surface area contributed by atoms with E-state index in [4.69, 9.17) is 4.74 Å². The van der Waals surface area contributed by atoms with Gasteiger partial charge in [0.1, 0.15) is 6.61 Å². The highest BCUT2D eigenvalue weighted by atomic mass is 16.5.